The van der Waals surface area contributed by atoms with Gasteiger partial charge in [-0.1, -0.05) is 13.8 Å². The van der Waals surface area contributed by atoms with Crippen LogP contribution in [0.5, 0.6) is 0 Å². The van der Waals surface area contributed by atoms with E-state index in [2.05, 4.69) is 34.0 Å². The lowest BCUT2D eigenvalue weighted by Gasteiger charge is -2.24. The van der Waals surface area contributed by atoms with Gasteiger partial charge in [0.15, 0.2) is 5.82 Å². The number of nitrogens with one attached hydrogen (secondary N) is 1. The van der Waals surface area contributed by atoms with Crippen molar-refractivity contribution in [2.75, 3.05) is 42.7 Å². The molecule has 1 aliphatic heterocycles. The summed E-state index contributed by atoms with van der Waals surface area (Å²) in [5, 5.41) is 3.12. The van der Waals surface area contributed by atoms with Gasteiger partial charge in [0, 0.05) is 43.3 Å². The second-order valence-electron chi connectivity index (χ2n) is 5.76. The van der Waals surface area contributed by atoms with Crippen molar-refractivity contribution < 1.29 is 4.74 Å². The number of aromatic nitrogens is 2. The molecule has 1 fully saturated rings. The Labute approximate surface area is 131 Å². The first-order valence-corrected chi connectivity index (χ1v) is 8.55. The Bertz CT molecular complexity index is 467. The van der Waals surface area contributed by atoms with Crippen LogP contribution in [0.15, 0.2) is 6.07 Å². The Balaban J connectivity index is 2.17. The molecular formula is C15H26N4OS. The third-order valence-electron chi connectivity index (χ3n) is 3.61. The van der Waals surface area contributed by atoms with Crippen molar-refractivity contribution in [3.05, 3.63) is 11.9 Å². The Morgan fingerprint density at radius 2 is 2.19 bits per heavy atom. The van der Waals surface area contributed by atoms with Gasteiger partial charge in [-0.3, -0.25) is 0 Å². The van der Waals surface area contributed by atoms with Crippen molar-refractivity contribution in [3.8, 4) is 0 Å². The van der Waals surface area contributed by atoms with Crippen molar-refractivity contribution in [2.24, 2.45) is 0 Å². The molecule has 1 aromatic rings. The van der Waals surface area contributed by atoms with Gasteiger partial charge in [-0.2, -0.15) is 11.8 Å². The van der Waals surface area contributed by atoms with Crippen LogP contribution >= 0.6 is 11.8 Å². The summed E-state index contributed by atoms with van der Waals surface area (Å²) in [5.74, 6) is 3.73. The fourth-order valence-corrected chi connectivity index (χ4v) is 3.38. The Morgan fingerprint density at radius 3 is 2.90 bits per heavy atom. The first kappa shape index (κ1) is 16.4. The summed E-state index contributed by atoms with van der Waals surface area (Å²) in [6.07, 6.45) is 1.16. The summed E-state index contributed by atoms with van der Waals surface area (Å²) in [4.78, 5) is 11.5. The van der Waals surface area contributed by atoms with E-state index in [1.165, 1.54) is 0 Å². The zero-order valence-electron chi connectivity index (χ0n) is 13.5. The predicted octanol–water partition coefficient (Wildman–Crippen LogP) is 2.78. The summed E-state index contributed by atoms with van der Waals surface area (Å²) in [6.45, 7) is 9.83. The van der Waals surface area contributed by atoms with Crippen molar-refractivity contribution in [1.82, 2.24) is 9.97 Å². The fourth-order valence-electron chi connectivity index (χ4n) is 2.28. The summed E-state index contributed by atoms with van der Waals surface area (Å²) < 4.78 is 5.79. The molecule has 0 bridgehead atoms. The van der Waals surface area contributed by atoms with E-state index in [-0.39, 0.29) is 0 Å². The highest BCUT2D eigenvalue weighted by Crippen LogP contribution is 2.32. The van der Waals surface area contributed by atoms with Gasteiger partial charge in [-0.05, 0) is 13.3 Å². The molecule has 21 heavy (non-hydrogen) atoms. The van der Waals surface area contributed by atoms with Crippen molar-refractivity contribution in [2.45, 2.75) is 38.5 Å². The minimum atomic E-state index is 0.349. The Kier molecular flexibility index (Phi) is 5.70. The van der Waals surface area contributed by atoms with Crippen LogP contribution < -0.4 is 10.2 Å². The van der Waals surface area contributed by atoms with Crippen LogP contribution in [0.1, 0.15) is 33.0 Å². The molecule has 0 spiro atoms. The monoisotopic (exact) mass is 310 g/mol. The van der Waals surface area contributed by atoms with E-state index in [9.17, 15) is 0 Å². The SMILES string of the molecule is CCOCc1nc(NC)cc(N2CCSC(C)(C)CC2)n1. The van der Waals surface area contributed by atoms with Crippen molar-refractivity contribution in [1.29, 1.82) is 0 Å². The van der Waals surface area contributed by atoms with Gasteiger partial charge in [0.05, 0.1) is 0 Å². The third-order valence-corrected chi connectivity index (χ3v) is 4.98. The maximum atomic E-state index is 5.44. The van der Waals surface area contributed by atoms with Gasteiger partial charge in [0.25, 0.3) is 0 Å². The molecule has 118 valence electrons. The number of hydrogen-bond acceptors (Lipinski definition) is 6. The smallest absolute Gasteiger partial charge is 0.158 e. The minimum absolute atomic E-state index is 0.349. The zero-order valence-corrected chi connectivity index (χ0v) is 14.3. The third kappa shape index (κ3) is 4.74. The average molecular weight is 310 g/mol. The lowest BCUT2D eigenvalue weighted by Crippen LogP contribution is -2.28. The lowest BCUT2D eigenvalue weighted by molar-refractivity contribution is 0.128. The number of ether oxygens (including phenoxy) is 1. The van der Waals surface area contributed by atoms with Crippen LogP contribution in [0, 0.1) is 0 Å². The summed E-state index contributed by atoms with van der Waals surface area (Å²) in [6, 6.07) is 2.03. The van der Waals surface area contributed by atoms with E-state index in [0.29, 0.717) is 18.0 Å². The van der Waals surface area contributed by atoms with E-state index in [4.69, 9.17) is 4.74 Å². The normalized spacial score (nSPS) is 18.4. The van der Waals surface area contributed by atoms with E-state index < -0.39 is 0 Å². The van der Waals surface area contributed by atoms with Crippen LogP contribution in [0.25, 0.3) is 0 Å². The molecule has 0 radical (unpaired) electrons. The molecule has 0 atom stereocenters. The molecule has 0 saturated carbocycles. The average Bonchev–Trinajstić information content (AvgIpc) is 2.65. The van der Waals surface area contributed by atoms with E-state index in [1.54, 1.807) is 0 Å². The minimum Gasteiger partial charge on any atom is -0.374 e. The molecule has 1 aromatic heterocycles. The van der Waals surface area contributed by atoms with Crippen LogP contribution in [0.3, 0.4) is 0 Å². The molecule has 2 rings (SSSR count). The summed E-state index contributed by atoms with van der Waals surface area (Å²) in [5.41, 5.74) is 0. The highest BCUT2D eigenvalue weighted by atomic mass is 32.2. The summed E-state index contributed by atoms with van der Waals surface area (Å²) in [7, 11) is 1.89. The maximum Gasteiger partial charge on any atom is 0.158 e. The molecule has 1 N–H and O–H groups in total. The van der Waals surface area contributed by atoms with E-state index in [0.717, 1.165) is 42.7 Å². The number of nitrogens with zero attached hydrogens (tertiary/aromatic N) is 3. The number of hydrogen-bond donors (Lipinski definition) is 1. The van der Waals surface area contributed by atoms with Crippen LogP contribution in [0.2, 0.25) is 0 Å². The maximum absolute atomic E-state index is 5.44. The Morgan fingerprint density at radius 1 is 1.38 bits per heavy atom. The molecule has 1 saturated heterocycles. The standard InChI is InChI=1S/C15H26N4OS/c1-5-20-11-13-17-12(16-4)10-14(18-13)19-7-6-15(2,3)21-9-8-19/h10H,5-9,11H2,1-4H3,(H,16,17,18). The molecule has 1 aliphatic rings. The highest BCUT2D eigenvalue weighted by Gasteiger charge is 2.24. The molecule has 0 unspecified atom stereocenters. The Hall–Kier alpha value is -1.01. The second-order valence-corrected chi connectivity index (χ2v) is 7.56. The van der Waals surface area contributed by atoms with Gasteiger partial charge in [0.1, 0.15) is 18.2 Å². The zero-order chi connectivity index (χ0) is 15.3. The summed E-state index contributed by atoms with van der Waals surface area (Å²) >= 11 is 2.04. The first-order chi connectivity index (χ1) is 10.0. The van der Waals surface area contributed by atoms with Crippen LogP contribution in [0.4, 0.5) is 11.6 Å². The van der Waals surface area contributed by atoms with Gasteiger partial charge in [-0.15, -0.1) is 0 Å². The second kappa shape index (κ2) is 7.31. The number of thioether (sulfide) groups is 1. The molecular weight excluding hydrogens is 284 g/mol. The van der Waals surface area contributed by atoms with Gasteiger partial charge in [0.2, 0.25) is 0 Å². The van der Waals surface area contributed by atoms with Gasteiger partial charge >= 0.3 is 0 Å². The van der Waals surface area contributed by atoms with Crippen molar-refractivity contribution >= 4 is 23.4 Å². The topological polar surface area (TPSA) is 50.3 Å². The number of rotatable bonds is 5. The lowest BCUT2D eigenvalue weighted by atomic mass is 10.1. The quantitative estimate of drug-likeness (QED) is 0.902. The predicted molar refractivity (Wildman–Crippen MR) is 90.3 cm³/mol. The van der Waals surface area contributed by atoms with Crippen LogP contribution in [-0.2, 0) is 11.3 Å². The fraction of sp³-hybridized carbons (Fsp3) is 0.733. The number of anilines is 2. The highest BCUT2D eigenvalue weighted by molar-refractivity contribution is 8.00. The first-order valence-electron chi connectivity index (χ1n) is 7.56. The molecule has 6 heteroatoms. The van der Waals surface area contributed by atoms with Gasteiger partial charge in [-0.25, -0.2) is 9.97 Å². The molecule has 0 amide bonds. The van der Waals surface area contributed by atoms with Crippen LogP contribution in [-0.4, -0.2) is 47.2 Å². The largest absolute Gasteiger partial charge is 0.374 e. The van der Waals surface area contributed by atoms with Crippen molar-refractivity contribution in [3.63, 3.8) is 0 Å². The molecule has 5 nitrogen and oxygen atoms in total. The van der Waals surface area contributed by atoms with E-state index >= 15 is 0 Å². The van der Waals surface area contributed by atoms with Gasteiger partial charge < -0.3 is 15.0 Å². The van der Waals surface area contributed by atoms with E-state index in [1.807, 2.05) is 31.8 Å². The molecule has 0 aromatic carbocycles. The molecule has 0 aliphatic carbocycles. The molecule has 2 heterocycles.